The number of aromatic nitrogens is 1. The maximum absolute atomic E-state index is 12.8. The summed E-state index contributed by atoms with van der Waals surface area (Å²) in [6, 6.07) is 15.5. The van der Waals surface area contributed by atoms with Crippen molar-refractivity contribution in [1.82, 2.24) is 9.88 Å². The molecule has 6 heteroatoms. The van der Waals surface area contributed by atoms with E-state index in [1.807, 2.05) is 30.3 Å². The van der Waals surface area contributed by atoms with Gasteiger partial charge < -0.3 is 14.1 Å². The first kappa shape index (κ1) is 18.6. The van der Waals surface area contributed by atoms with Crippen LogP contribution in [0.1, 0.15) is 12.3 Å². The zero-order valence-corrected chi connectivity index (χ0v) is 15.1. The fourth-order valence-electron chi connectivity index (χ4n) is 2.52. The molecule has 1 heterocycles. The van der Waals surface area contributed by atoms with Crippen LogP contribution in [-0.4, -0.2) is 36.0 Å². The molecule has 0 bridgehead atoms. The van der Waals surface area contributed by atoms with Crippen molar-refractivity contribution < 1.29 is 18.3 Å². The van der Waals surface area contributed by atoms with Crippen molar-refractivity contribution in [2.24, 2.45) is 0 Å². The molecule has 140 valence electrons. The Morgan fingerprint density at radius 1 is 1.15 bits per heavy atom. The first-order chi connectivity index (χ1) is 13.1. The number of benzene rings is 2. The molecule has 1 amide bonds. The van der Waals surface area contributed by atoms with Gasteiger partial charge in [0, 0.05) is 25.5 Å². The van der Waals surface area contributed by atoms with Gasteiger partial charge in [0.15, 0.2) is 11.7 Å². The molecule has 3 rings (SSSR count). The minimum Gasteiger partial charge on any atom is -0.492 e. The van der Waals surface area contributed by atoms with Gasteiger partial charge in [0.2, 0.25) is 5.91 Å². The van der Waals surface area contributed by atoms with E-state index in [1.54, 1.807) is 30.3 Å². The number of oxazole rings is 1. The molecule has 0 unspecified atom stereocenters. The first-order valence-electron chi connectivity index (χ1n) is 8.74. The van der Waals surface area contributed by atoms with Crippen LogP contribution < -0.4 is 4.74 Å². The topological polar surface area (TPSA) is 55.6 Å². The quantitative estimate of drug-likeness (QED) is 0.604. The van der Waals surface area contributed by atoms with Crippen LogP contribution in [0.4, 0.5) is 4.39 Å². The van der Waals surface area contributed by atoms with Crippen LogP contribution >= 0.6 is 0 Å². The molecule has 0 spiro atoms. The Kier molecular flexibility index (Phi) is 6.20. The molecule has 0 saturated heterocycles. The van der Waals surface area contributed by atoms with Crippen molar-refractivity contribution in [3.63, 3.8) is 0 Å². The van der Waals surface area contributed by atoms with Gasteiger partial charge in [0.05, 0.1) is 12.7 Å². The highest BCUT2D eigenvalue weighted by Crippen LogP contribution is 2.20. The largest absolute Gasteiger partial charge is 0.492 e. The summed E-state index contributed by atoms with van der Waals surface area (Å²) in [6.45, 7) is 0.780. The molecule has 2 aromatic carbocycles. The molecule has 0 aliphatic rings. The summed E-state index contributed by atoms with van der Waals surface area (Å²) in [5.74, 6) is 1.48. The molecule has 3 aromatic rings. The summed E-state index contributed by atoms with van der Waals surface area (Å²) < 4.78 is 24.1. The summed E-state index contributed by atoms with van der Waals surface area (Å²) in [6.07, 6.45) is 2.42. The molecular weight excluding hydrogens is 347 g/mol. The minimum atomic E-state index is -0.309. The Hall–Kier alpha value is -3.15. The average molecular weight is 368 g/mol. The van der Waals surface area contributed by atoms with E-state index in [0.29, 0.717) is 43.4 Å². The maximum Gasteiger partial charge on any atom is 0.222 e. The second kappa shape index (κ2) is 8.98. The molecule has 0 atom stereocenters. The number of carbonyl (C=O) groups is 1. The minimum absolute atomic E-state index is 0.0165. The molecule has 0 saturated carbocycles. The van der Waals surface area contributed by atoms with E-state index in [1.165, 1.54) is 12.1 Å². The van der Waals surface area contributed by atoms with E-state index in [2.05, 4.69) is 4.98 Å². The van der Waals surface area contributed by atoms with Crippen molar-refractivity contribution in [2.75, 3.05) is 20.2 Å². The SMILES string of the molecule is CN(CCOc1ccc(F)cc1)C(=O)CCc1ncc(-c2ccccc2)o1. The third-order valence-corrected chi connectivity index (χ3v) is 4.10. The van der Waals surface area contributed by atoms with Gasteiger partial charge >= 0.3 is 0 Å². The number of hydrogen-bond donors (Lipinski definition) is 0. The van der Waals surface area contributed by atoms with Gasteiger partial charge in [0.1, 0.15) is 18.2 Å². The second-order valence-corrected chi connectivity index (χ2v) is 6.10. The number of ether oxygens (including phenoxy) is 1. The second-order valence-electron chi connectivity index (χ2n) is 6.10. The molecule has 0 fully saturated rings. The predicted octanol–water partition coefficient (Wildman–Crippen LogP) is 3.95. The van der Waals surface area contributed by atoms with E-state index in [-0.39, 0.29) is 11.7 Å². The Morgan fingerprint density at radius 3 is 2.63 bits per heavy atom. The standard InChI is InChI=1S/C21H21FN2O3/c1-24(13-14-26-18-9-7-17(22)8-10-18)21(25)12-11-20-23-15-19(27-20)16-5-3-2-4-6-16/h2-10,15H,11-14H2,1H3. The molecule has 1 aromatic heterocycles. The molecule has 0 N–H and O–H groups in total. The van der Waals surface area contributed by atoms with Crippen molar-refractivity contribution >= 4 is 5.91 Å². The number of likely N-dealkylation sites (N-methyl/N-ethyl adjacent to an activating group) is 1. The summed E-state index contributed by atoms with van der Waals surface area (Å²) in [7, 11) is 1.72. The van der Waals surface area contributed by atoms with Crippen molar-refractivity contribution in [1.29, 1.82) is 0 Å². The van der Waals surface area contributed by atoms with Gasteiger partial charge in [-0.2, -0.15) is 0 Å². The van der Waals surface area contributed by atoms with E-state index in [9.17, 15) is 9.18 Å². The van der Waals surface area contributed by atoms with Crippen molar-refractivity contribution in [3.05, 3.63) is 72.5 Å². The number of rotatable bonds is 8. The fourth-order valence-corrected chi connectivity index (χ4v) is 2.52. The van der Waals surface area contributed by atoms with Crippen molar-refractivity contribution in [2.45, 2.75) is 12.8 Å². The highest BCUT2D eigenvalue weighted by molar-refractivity contribution is 5.76. The third-order valence-electron chi connectivity index (χ3n) is 4.10. The number of amides is 1. The molecule has 27 heavy (non-hydrogen) atoms. The van der Waals surface area contributed by atoms with Gasteiger partial charge in [0.25, 0.3) is 0 Å². The van der Waals surface area contributed by atoms with Crippen LogP contribution in [-0.2, 0) is 11.2 Å². The van der Waals surface area contributed by atoms with Gasteiger partial charge in [-0.25, -0.2) is 9.37 Å². The Morgan fingerprint density at radius 2 is 1.89 bits per heavy atom. The molecule has 0 radical (unpaired) electrons. The van der Waals surface area contributed by atoms with E-state index < -0.39 is 0 Å². The van der Waals surface area contributed by atoms with E-state index in [0.717, 1.165) is 5.56 Å². The normalized spacial score (nSPS) is 10.6. The number of hydrogen-bond acceptors (Lipinski definition) is 4. The van der Waals surface area contributed by atoms with Crippen LogP contribution in [0, 0.1) is 5.82 Å². The van der Waals surface area contributed by atoms with Gasteiger partial charge in [-0.05, 0) is 24.3 Å². The van der Waals surface area contributed by atoms with Crippen LogP contribution in [0.3, 0.4) is 0 Å². The number of aryl methyl sites for hydroxylation is 1. The Balaban J connectivity index is 1.42. The maximum atomic E-state index is 12.8. The lowest BCUT2D eigenvalue weighted by molar-refractivity contribution is -0.130. The molecular formula is C21H21FN2O3. The summed E-state index contributed by atoms with van der Waals surface area (Å²) in [5, 5.41) is 0. The third kappa shape index (κ3) is 5.41. The molecule has 0 aliphatic carbocycles. The first-order valence-corrected chi connectivity index (χ1v) is 8.74. The highest BCUT2D eigenvalue weighted by atomic mass is 19.1. The number of halogens is 1. The summed E-state index contributed by atoms with van der Waals surface area (Å²) in [5.41, 5.74) is 0.956. The smallest absolute Gasteiger partial charge is 0.222 e. The average Bonchev–Trinajstić information content (AvgIpc) is 3.17. The zero-order chi connectivity index (χ0) is 19.1. The Labute approximate surface area is 157 Å². The lowest BCUT2D eigenvalue weighted by Crippen LogP contribution is -2.31. The lowest BCUT2D eigenvalue weighted by atomic mass is 10.2. The monoisotopic (exact) mass is 368 g/mol. The summed E-state index contributed by atoms with van der Waals surface area (Å²) in [4.78, 5) is 18.1. The van der Waals surface area contributed by atoms with Crippen LogP contribution in [0.15, 0.2) is 65.2 Å². The van der Waals surface area contributed by atoms with Crippen LogP contribution in [0.25, 0.3) is 11.3 Å². The Bertz CT molecular complexity index is 863. The molecule has 5 nitrogen and oxygen atoms in total. The van der Waals surface area contributed by atoms with E-state index >= 15 is 0 Å². The van der Waals surface area contributed by atoms with E-state index in [4.69, 9.17) is 9.15 Å². The molecule has 0 aliphatic heterocycles. The van der Waals surface area contributed by atoms with Crippen LogP contribution in [0.5, 0.6) is 5.75 Å². The van der Waals surface area contributed by atoms with Gasteiger partial charge in [-0.1, -0.05) is 30.3 Å². The predicted molar refractivity (Wildman–Crippen MR) is 99.8 cm³/mol. The fraction of sp³-hybridized carbons (Fsp3) is 0.238. The van der Waals surface area contributed by atoms with Gasteiger partial charge in [-0.15, -0.1) is 0 Å². The zero-order valence-electron chi connectivity index (χ0n) is 15.1. The van der Waals surface area contributed by atoms with Crippen molar-refractivity contribution in [3.8, 4) is 17.1 Å². The number of carbonyl (C=O) groups excluding carboxylic acids is 1. The van der Waals surface area contributed by atoms with Crippen LogP contribution in [0.2, 0.25) is 0 Å². The highest BCUT2D eigenvalue weighted by Gasteiger charge is 2.12. The van der Waals surface area contributed by atoms with Gasteiger partial charge in [-0.3, -0.25) is 4.79 Å². The summed E-state index contributed by atoms with van der Waals surface area (Å²) >= 11 is 0. The lowest BCUT2D eigenvalue weighted by Gasteiger charge is -2.17. The number of nitrogens with zero attached hydrogens (tertiary/aromatic N) is 2.